The Morgan fingerprint density at radius 3 is 2.50 bits per heavy atom. The Morgan fingerprint density at radius 1 is 1.31 bits per heavy atom. The molecule has 3 N–H and O–H groups in total. The normalized spacial score (nSPS) is 10.2. The molecule has 0 aliphatic carbocycles. The fourth-order valence-corrected chi connectivity index (χ4v) is 1.30. The fraction of sp³-hybridized carbons (Fsp3) is 0.364. The molecule has 0 aliphatic heterocycles. The summed E-state index contributed by atoms with van der Waals surface area (Å²) in [5.74, 6) is 0.494. The quantitative estimate of drug-likeness (QED) is 0.745. The zero-order valence-corrected chi connectivity index (χ0v) is 11.0. The van der Waals surface area contributed by atoms with Gasteiger partial charge >= 0.3 is 6.03 Å². The average molecular weight is 286 g/mol. The van der Waals surface area contributed by atoms with Crippen molar-refractivity contribution in [1.29, 1.82) is 0 Å². The van der Waals surface area contributed by atoms with Crippen molar-refractivity contribution >= 4 is 27.6 Å². The minimum Gasteiger partial charge on any atom is -0.307 e. The summed E-state index contributed by atoms with van der Waals surface area (Å²) in [5, 5.41) is 2.71. The van der Waals surface area contributed by atoms with Crippen LogP contribution in [0.15, 0.2) is 28.7 Å². The molecule has 0 spiro atoms. The van der Waals surface area contributed by atoms with Crippen LogP contribution in [0.4, 0.5) is 10.5 Å². The number of carbonyl (C=O) groups is 1. The van der Waals surface area contributed by atoms with Gasteiger partial charge in [0, 0.05) is 16.7 Å². The largest absolute Gasteiger partial charge is 0.333 e. The number of hydrogen-bond acceptors (Lipinski definition) is 2. The van der Waals surface area contributed by atoms with Crippen LogP contribution in [0.1, 0.15) is 13.8 Å². The molecule has 16 heavy (non-hydrogen) atoms. The van der Waals surface area contributed by atoms with Crippen LogP contribution in [0.3, 0.4) is 0 Å². The van der Waals surface area contributed by atoms with Gasteiger partial charge in [0.05, 0.1) is 0 Å². The highest BCUT2D eigenvalue weighted by Crippen LogP contribution is 2.13. The number of urea groups is 1. The van der Waals surface area contributed by atoms with Crippen LogP contribution in [0.5, 0.6) is 0 Å². The first-order valence-corrected chi connectivity index (χ1v) is 5.92. The Labute approximate surface area is 104 Å². The first kappa shape index (κ1) is 13.0. The van der Waals surface area contributed by atoms with E-state index in [1.165, 1.54) is 0 Å². The topological polar surface area (TPSA) is 53.2 Å². The lowest BCUT2D eigenvalue weighted by Crippen LogP contribution is -2.41. The van der Waals surface area contributed by atoms with Crippen molar-refractivity contribution in [3.05, 3.63) is 28.7 Å². The molecular weight excluding hydrogens is 270 g/mol. The van der Waals surface area contributed by atoms with E-state index in [1.54, 1.807) is 0 Å². The zero-order valence-electron chi connectivity index (χ0n) is 9.38. The minimum absolute atomic E-state index is 0.261. The third-order valence-corrected chi connectivity index (χ3v) is 2.34. The van der Waals surface area contributed by atoms with Crippen molar-refractivity contribution in [3.8, 4) is 0 Å². The summed E-state index contributed by atoms with van der Waals surface area (Å²) in [6.07, 6.45) is 0. The average Bonchev–Trinajstić information content (AvgIpc) is 2.21. The van der Waals surface area contributed by atoms with E-state index < -0.39 is 0 Å². The molecule has 0 unspecified atom stereocenters. The standard InChI is InChI=1S/C11H16BrN3O/c1-8(2)7-13-15-11(16)14-10-5-3-9(12)4-6-10/h3-6,8,13H,7H2,1-2H3,(H2,14,15,16). The smallest absolute Gasteiger partial charge is 0.307 e. The molecule has 0 saturated carbocycles. The number of carbonyl (C=O) groups excluding carboxylic acids is 1. The van der Waals surface area contributed by atoms with Crippen LogP contribution >= 0.6 is 15.9 Å². The Balaban J connectivity index is 2.31. The van der Waals surface area contributed by atoms with E-state index in [0.717, 1.165) is 16.7 Å². The Hall–Kier alpha value is -1.07. The molecule has 4 nitrogen and oxygen atoms in total. The first-order valence-electron chi connectivity index (χ1n) is 5.13. The molecule has 0 fully saturated rings. The molecule has 0 aliphatic rings. The van der Waals surface area contributed by atoms with Crippen LogP contribution in [0, 0.1) is 5.92 Å². The van der Waals surface area contributed by atoms with E-state index >= 15 is 0 Å². The molecule has 0 atom stereocenters. The molecule has 0 heterocycles. The monoisotopic (exact) mass is 285 g/mol. The third-order valence-electron chi connectivity index (χ3n) is 1.81. The molecule has 0 saturated heterocycles. The lowest BCUT2D eigenvalue weighted by Gasteiger charge is -2.10. The molecule has 1 aromatic rings. The number of benzene rings is 1. The Morgan fingerprint density at radius 2 is 1.94 bits per heavy atom. The molecule has 88 valence electrons. The van der Waals surface area contributed by atoms with Gasteiger partial charge in [-0.2, -0.15) is 0 Å². The van der Waals surface area contributed by atoms with Gasteiger partial charge in [-0.3, -0.25) is 5.43 Å². The van der Waals surface area contributed by atoms with E-state index in [-0.39, 0.29) is 6.03 Å². The first-order chi connectivity index (χ1) is 7.58. The van der Waals surface area contributed by atoms with Gasteiger partial charge in [-0.25, -0.2) is 10.2 Å². The van der Waals surface area contributed by atoms with Crippen molar-refractivity contribution in [2.75, 3.05) is 11.9 Å². The molecule has 1 rings (SSSR count). The minimum atomic E-state index is -0.261. The van der Waals surface area contributed by atoms with E-state index in [1.807, 2.05) is 24.3 Å². The molecule has 0 bridgehead atoms. The molecule has 1 aromatic carbocycles. The number of halogens is 1. The van der Waals surface area contributed by atoms with E-state index in [9.17, 15) is 4.79 Å². The predicted molar refractivity (Wildman–Crippen MR) is 69.1 cm³/mol. The summed E-state index contributed by atoms with van der Waals surface area (Å²) in [6, 6.07) is 7.13. The second-order valence-corrected chi connectivity index (χ2v) is 4.78. The van der Waals surface area contributed by atoms with Crippen molar-refractivity contribution < 1.29 is 4.79 Å². The second kappa shape index (κ2) is 6.50. The molecule has 0 radical (unpaired) electrons. The Bertz CT molecular complexity index is 338. The number of nitrogens with one attached hydrogen (secondary N) is 3. The van der Waals surface area contributed by atoms with Crippen molar-refractivity contribution in [2.24, 2.45) is 5.92 Å². The molecule has 2 amide bonds. The number of rotatable bonds is 4. The third kappa shape index (κ3) is 5.14. The van der Waals surface area contributed by atoms with Gasteiger partial charge in [0.2, 0.25) is 0 Å². The van der Waals surface area contributed by atoms with E-state index in [0.29, 0.717) is 5.92 Å². The SMILES string of the molecule is CC(C)CNNC(=O)Nc1ccc(Br)cc1. The maximum absolute atomic E-state index is 11.4. The van der Waals surface area contributed by atoms with Crippen LogP contribution < -0.4 is 16.2 Å². The van der Waals surface area contributed by atoms with Crippen LogP contribution in [0.2, 0.25) is 0 Å². The highest BCUT2D eigenvalue weighted by atomic mass is 79.9. The predicted octanol–water partition coefficient (Wildman–Crippen LogP) is 2.73. The van der Waals surface area contributed by atoms with Gasteiger partial charge in [-0.15, -0.1) is 0 Å². The van der Waals surface area contributed by atoms with Gasteiger partial charge in [-0.05, 0) is 30.2 Å². The maximum Gasteiger partial charge on any atom is 0.333 e. The lowest BCUT2D eigenvalue weighted by atomic mass is 10.2. The van der Waals surface area contributed by atoms with E-state index in [4.69, 9.17) is 0 Å². The summed E-state index contributed by atoms with van der Waals surface area (Å²) in [5.41, 5.74) is 6.17. The highest BCUT2D eigenvalue weighted by Gasteiger charge is 2.00. The summed E-state index contributed by atoms with van der Waals surface area (Å²) in [7, 11) is 0. The maximum atomic E-state index is 11.4. The van der Waals surface area contributed by atoms with Gasteiger partial charge < -0.3 is 5.32 Å². The second-order valence-electron chi connectivity index (χ2n) is 3.86. The van der Waals surface area contributed by atoms with Crippen LogP contribution in [0.25, 0.3) is 0 Å². The number of amides is 2. The fourth-order valence-electron chi connectivity index (χ4n) is 1.03. The number of anilines is 1. The summed E-state index contributed by atoms with van der Waals surface area (Å²) in [4.78, 5) is 11.4. The number of hydrazine groups is 1. The van der Waals surface area contributed by atoms with Crippen LogP contribution in [-0.2, 0) is 0 Å². The molecular formula is C11H16BrN3O. The lowest BCUT2D eigenvalue weighted by molar-refractivity contribution is 0.247. The van der Waals surface area contributed by atoms with Gasteiger partial charge in [0.15, 0.2) is 0 Å². The van der Waals surface area contributed by atoms with Gasteiger partial charge in [-0.1, -0.05) is 29.8 Å². The van der Waals surface area contributed by atoms with Crippen molar-refractivity contribution in [2.45, 2.75) is 13.8 Å². The van der Waals surface area contributed by atoms with Crippen molar-refractivity contribution in [3.63, 3.8) is 0 Å². The summed E-state index contributed by atoms with van der Waals surface area (Å²) >= 11 is 3.33. The zero-order chi connectivity index (χ0) is 12.0. The molecule has 5 heteroatoms. The summed E-state index contributed by atoms with van der Waals surface area (Å²) < 4.78 is 0.983. The van der Waals surface area contributed by atoms with Gasteiger partial charge in [0.1, 0.15) is 0 Å². The Kier molecular flexibility index (Phi) is 5.28. The van der Waals surface area contributed by atoms with E-state index in [2.05, 4.69) is 45.9 Å². The van der Waals surface area contributed by atoms with Crippen LogP contribution in [-0.4, -0.2) is 12.6 Å². The summed E-state index contributed by atoms with van der Waals surface area (Å²) in [6.45, 7) is 4.89. The van der Waals surface area contributed by atoms with Crippen molar-refractivity contribution in [1.82, 2.24) is 10.9 Å². The number of hydrogen-bond donors (Lipinski definition) is 3. The highest BCUT2D eigenvalue weighted by molar-refractivity contribution is 9.10. The van der Waals surface area contributed by atoms with Gasteiger partial charge in [0.25, 0.3) is 0 Å². The molecule has 0 aromatic heterocycles.